The molecule has 4 heteroatoms. The lowest BCUT2D eigenvalue weighted by molar-refractivity contribution is -0.121. The Kier molecular flexibility index (Phi) is 3.61. The van der Waals surface area contributed by atoms with Gasteiger partial charge in [-0.05, 0) is 18.3 Å². The van der Waals surface area contributed by atoms with Gasteiger partial charge in [0.05, 0.1) is 0 Å². The molecule has 0 aromatic carbocycles. The second-order valence-corrected chi connectivity index (χ2v) is 4.56. The first-order chi connectivity index (χ1) is 6.52. The summed E-state index contributed by atoms with van der Waals surface area (Å²) in [5.74, 6) is 0.821. The third-order valence-corrected chi connectivity index (χ3v) is 2.40. The third-order valence-electron chi connectivity index (χ3n) is 2.40. The highest BCUT2D eigenvalue weighted by Gasteiger charge is 2.33. The lowest BCUT2D eigenvalue weighted by Crippen LogP contribution is -2.37. The van der Waals surface area contributed by atoms with E-state index in [4.69, 9.17) is 0 Å². The first-order valence-corrected chi connectivity index (χ1v) is 5.24. The highest BCUT2D eigenvalue weighted by Crippen LogP contribution is 2.20. The number of hydrogen-bond donors (Lipinski definition) is 0. The molecule has 0 saturated heterocycles. The molecule has 0 radical (unpaired) electrons. The van der Waals surface area contributed by atoms with Crippen molar-refractivity contribution in [2.24, 2.45) is 22.2 Å². The number of hydrogen-bond acceptors (Lipinski definition) is 3. The van der Waals surface area contributed by atoms with E-state index in [1.54, 1.807) is 0 Å². The van der Waals surface area contributed by atoms with E-state index in [2.05, 4.69) is 24.2 Å². The van der Waals surface area contributed by atoms with E-state index in [0.717, 1.165) is 13.0 Å². The molecule has 0 N–H and O–H groups in total. The van der Waals surface area contributed by atoms with Gasteiger partial charge in [-0.2, -0.15) is 0 Å². The van der Waals surface area contributed by atoms with E-state index in [1.807, 2.05) is 18.9 Å². The molecule has 1 rings (SSSR count). The molecule has 14 heavy (non-hydrogen) atoms. The Morgan fingerprint density at radius 2 is 2.00 bits per heavy atom. The number of carbonyl (C=O) groups excluding carboxylic acids is 1. The summed E-state index contributed by atoms with van der Waals surface area (Å²) >= 11 is 0. The maximum absolute atomic E-state index is 11.4. The fraction of sp³-hybridized carbons (Fsp3) is 0.900. The van der Waals surface area contributed by atoms with Crippen LogP contribution in [-0.2, 0) is 4.79 Å². The Bertz CT molecular complexity index is 236. The van der Waals surface area contributed by atoms with Crippen molar-refractivity contribution in [3.63, 3.8) is 0 Å². The molecule has 80 valence electrons. The van der Waals surface area contributed by atoms with E-state index in [-0.39, 0.29) is 17.9 Å². The molecule has 0 fully saturated rings. The molecule has 1 aliphatic heterocycles. The first kappa shape index (κ1) is 11.1. The van der Waals surface area contributed by atoms with Crippen molar-refractivity contribution in [2.75, 3.05) is 6.54 Å². The number of nitrogens with zero attached hydrogens (tertiary/aromatic N) is 3. The second-order valence-electron chi connectivity index (χ2n) is 4.56. The van der Waals surface area contributed by atoms with Crippen molar-refractivity contribution >= 4 is 5.91 Å². The highest BCUT2D eigenvalue weighted by atomic mass is 16.2. The molecule has 1 amide bonds. The van der Waals surface area contributed by atoms with E-state index >= 15 is 0 Å². The van der Waals surface area contributed by atoms with E-state index < -0.39 is 0 Å². The number of carbonyl (C=O) groups is 1. The molecule has 4 nitrogen and oxygen atoms in total. The van der Waals surface area contributed by atoms with E-state index in [1.165, 1.54) is 0 Å². The summed E-state index contributed by atoms with van der Waals surface area (Å²) < 4.78 is 0. The van der Waals surface area contributed by atoms with Gasteiger partial charge in [-0.1, -0.05) is 38.0 Å². The first-order valence-electron chi connectivity index (χ1n) is 5.24. The van der Waals surface area contributed by atoms with E-state index in [0.29, 0.717) is 5.92 Å². The molecule has 0 spiro atoms. The Morgan fingerprint density at radius 1 is 1.36 bits per heavy atom. The van der Waals surface area contributed by atoms with Crippen LogP contribution >= 0.6 is 0 Å². The van der Waals surface area contributed by atoms with Gasteiger partial charge in [0.1, 0.15) is 6.04 Å². The van der Waals surface area contributed by atoms with Crippen LogP contribution in [0.15, 0.2) is 10.3 Å². The van der Waals surface area contributed by atoms with Crippen molar-refractivity contribution in [2.45, 2.75) is 40.2 Å². The lowest BCUT2D eigenvalue weighted by Gasteiger charge is -2.23. The average molecular weight is 197 g/mol. The summed E-state index contributed by atoms with van der Waals surface area (Å²) in [5.41, 5.74) is 0. The van der Waals surface area contributed by atoms with Crippen LogP contribution < -0.4 is 0 Å². The van der Waals surface area contributed by atoms with Gasteiger partial charge in [0.2, 0.25) is 0 Å². The van der Waals surface area contributed by atoms with Gasteiger partial charge in [0.25, 0.3) is 5.91 Å². The summed E-state index contributed by atoms with van der Waals surface area (Å²) in [4.78, 5) is 11.4. The second kappa shape index (κ2) is 4.53. The summed E-state index contributed by atoms with van der Waals surface area (Å²) in [5, 5.41) is 9.34. The molecule has 0 aromatic heterocycles. The molecule has 0 aliphatic carbocycles. The fourth-order valence-electron chi connectivity index (χ4n) is 1.55. The predicted molar refractivity (Wildman–Crippen MR) is 54.7 cm³/mol. The van der Waals surface area contributed by atoms with Crippen molar-refractivity contribution in [1.29, 1.82) is 0 Å². The van der Waals surface area contributed by atoms with Gasteiger partial charge in [0.15, 0.2) is 0 Å². The quantitative estimate of drug-likeness (QED) is 0.694. The maximum Gasteiger partial charge on any atom is 0.290 e. The summed E-state index contributed by atoms with van der Waals surface area (Å²) in [6.07, 6.45) is 1.05. The fourth-order valence-corrected chi connectivity index (χ4v) is 1.55. The van der Waals surface area contributed by atoms with Gasteiger partial charge in [-0.3, -0.25) is 9.80 Å². The molecule has 0 saturated carbocycles. The monoisotopic (exact) mass is 197 g/mol. The van der Waals surface area contributed by atoms with Crippen LogP contribution in [-0.4, -0.2) is 23.5 Å². The van der Waals surface area contributed by atoms with Crippen LogP contribution in [0.2, 0.25) is 0 Å². The zero-order valence-electron chi connectivity index (χ0n) is 9.40. The molecule has 1 aliphatic rings. The van der Waals surface area contributed by atoms with Crippen molar-refractivity contribution in [3.05, 3.63) is 0 Å². The summed E-state index contributed by atoms with van der Waals surface area (Å²) in [7, 11) is 0. The summed E-state index contributed by atoms with van der Waals surface area (Å²) in [6.45, 7) is 9.22. The van der Waals surface area contributed by atoms with Crippen LogP contribution in [0.5, 0.6) is 0 Å². The Labute approximate surface area is 85.4 Å². The van der Waals surface area contributed by atoms with Gasteiger partial charge in [0, 0.05) is 6.54 Å². The SMILES string of the molecule is CC(C)CCN1N=NC(=O)C1C(C)C. The van der Waals surface area contributed by atoms with Crippen molar-refractivity contribution < 1.29 is 4.79 Å². The van der Waals surface area contributed by atoms with Crippen LogP contribution in [0.4, 0.5) is 0 Å². The normalized spacial score (nSPS) is 21.7. The third kappa shape index (κ3) is 2.53. The average Bonchev–Trinajstić information content (AvgIpc) is 2.43. The largest absolute Gasteiger partial charge is 0.290 e. The molecule has 0 bridgehead atoms. The minimum Gasteiger partial charge on any atom is -0.268 e. The van der Waals surface area contributed by atoms with Gasteiger partial charge >= 0.3 is 0 Å². The maximum atomic E-state index is 11.4. The molecule has 1 heterocycles. The van der Waals surface area contributed by atoms with Gasteiger partial charge in [-0.25, -0.2) is 0 Å². The minimum atomic E-state index is -0.131. The predicted octanol–water partition coefficient (Wildman–Crippen LogP) is 2.27. The molecule has 0 aromatic rings. The van der Waals surface area contributed by atoms with Crippen LogP contribution in [0.3, 0.4) is 0 Å². The van der Waals surface area contributed by atoms with Crippen LogP contribution in [0, 0.1) is 11.8 Å². The van der Waals surface area contributed by atoms with Gasteiger partial charge in [-0.15, -0.1) is 0 Å². The van der Waals surface area contributed by atoms with Crippen molar-refractivity contribution in [1.82, 2.24) is 5.01 Å². The standard InChI is InChI=1S/C10H19N3O/c1-7(2)5-6-13-9(8(3)4)10(14)11-12-13/h7-9H,5-6H2,1-4H3. The number of rotatable bonds is 4. The molecule has 1 atom stereocenters. The minimum absolute atomic E-state index is 0.0937. The molecule has 1 unspecified atom stereocenters. The number of amides is 1. The topological polar surface area (TPSA) is 45.0 Å². The van der Waals surface area contributed by atoms with E-state index in [9.17, 15) is 4.79 Å². The smallest absolute Gasteiger partial charge is 0.268 e. The zero-order valence-corrected chi connectivity index (χ0v) is 9.40. The molecular formula is C10H19N3O. The van der Waals surface area contributed by atoms with Crippen LogP contribution in [0.25, 0.3) is 0 Å². The Morgan fingerprint density at radius 3 is 2.50 bits per heavy atom. The highest BCUT2D eigenvalue weighted by molar-refractivity contribution is 5.83. The van der Waals surface area contributed by atoms with Crippen molar-refractivity contribution in [3.8, 4) is 0 Å². The zero-order chi connectivity index (χ0) is 10.7. The lowest BCUT2D eigenvalue weighted by atomic mass is 10.0. The Balaban J connectivity index is 2.52. The molecular weight excluding hydrogens is 178 g/mol. The van der Waals surface area contributed by atoms with Crippen LogP contribution in [0.1, 0.15) is 34.1 Å². The Hall–Kier alpha value is -0.930. The van der Waals surface area contributed by atoms with Gasteiger partial charge < -0.3 is 0 Å². The summed E-state index contributed by atoms with van der Waals surface area (Å²) in [6, 6.07) is -0.131.